The fourth-order valence-electron chi connectivity index (χ4n) is 5.53. The van der Waals surface area contributed by atoms with Gasteiger partial charge in [-0.25, -0.2) is 15.0 Å². The first-order valence-corrected chi connectivity index (χ1v) is 14.6. The average Bonchev–Trinajstić information content (AvgIpc) is 3.53. The number of H-pyrrole nitrogens is 1. The van der Waals surface area contributed by atoms with Gasteiger partial charge in [0.05, 0.1) is 22.2 Å². The van der Waals surface area contributed by atoms with Crippen molar-refractivity contribution in [2.45, 2.75) is 40.5 Å². The Kier molecular flexibility index (Phi) is 5.65. The van der Waals surface area contributed by atoms with Gasteiger partial charge in [-0.05, 0) is 59.2 Å². The van der Waals surface area contributed by atoms with Crippen molar-refractivity contribution in [3.63, 3.8) is 0 Å². The van der Waals surface area contributed by atoms with Crippen LogP contribution in [0.1, 0.15) is 45.0 Å². The van der Waals surface area contributed by atoms with Crippen LogP contribution < -0.4 is 5.32 Å². The van der Waals surface area contributed by atoms with Gasteiger partial charge >= 0.3 is 0 Å². The molecule has 40 heavy (non-hydrogen) atoms. The molecule has 0 atom stereocenters. The van der Waals surface area contributed by atoms with Crippen LogP contribution in [0.3, 0.4) is 0 Å². The molecule has 3 heterocycles. The van der Waals surface area contributed by atoms with Gasteiger partial charge in [0.2, 0.25) is 0 Å². The van der Waals surface area contributed by atoms with Crippen LogP contribution in [0.2, 0.25) is 0 Å². The molecule has 198 valence electrons. The number of benzene rings is 4. The highest BCUT2D eigenvalue weighted by Crippen LogP contribution is 2.41. The number of hydrogen-bond donors (Lipinski definition) is 2. The van der Waals surface area contributed by atoms with E-state index in [4.69, 9.17) is 4.98 Å². The summed E-state index contributed by atoms with van der Waals surface area (Å²) in [4.78, 5) is 17.4. The first-order valence-electron chi connectivity index (χ1n) is 13.8. The van der Waals surface area contributed by atoms with Crippen LogP contribution in [0.15, 0.2) is 73.3 Å². The maximum Gasteiger partial charge on any atom is 0.116 e. The Bertz CT molecular complexity index is 2130. The number of allylic oxidation sites excluding steroid dienone is 1. The summed E-state index contributed by atoms with van der Waals surface area (Å²) in [6, 6.07) is 18.0. The predicted molar refractivity (Wildman–Crippen MR) is 171 cm³/mol. The molecule has 0 bridgehead atoms. The first kappa shape index (κ1) is 24.7. The zero-order chi connectivity index (χ0) is 27.7. The molecule has 0 unspecified atom stereocenters. The van der Waals surface area contributed by atoms with Crippen molar-refractivity contribution in [1.82, 2.24) is 19.9 Å². The SMILES string of the molecule is C=C(Nc1c(C)c2ncncc2c2cc(-c3ccc4c(c3)sc3cc5nc(C(C)C)[nH]c5cc34)ccc12)C(C)C. The van der Waals surface area contributed by atoms with Gasteiger partial charge in [-0.3, -0.25) is 0 Å². The number of nitrogens with one attached hydrogen (secondary N) is 2. The number of aromatic nitrogens is 4. The fourth-order valence-corrected chi connectivity index (χ4v) is 6.69. The molecule has 0 amide bonds. The Balaban J connectivity index is 1.38. The lowest BCUT2D eigenvalue weighted by Crippen LogP contribution is -2.07. The third kappa shape index (κ3) is 3.86. The van der Waals surface area contributed by atoms with Crippen molar-refractivity contribution in [2.75, 3.05) is 5.32 Å². The Morgan fingerprint density at radius 3 is 2.40 bits per heavy atom. The summed E-state index contributed by atoms with van der Waals surface area (Å²) in [5.74, 6) is 1.74. The van der Waals surface area contributed by atoms with Crippen molar-refractivity contribution in [3.8, 4) is 11.1 Å². The zero-order valence-corrected chi connectivity index (χ0v) is 24.2. The lowest BCUT2D eigenvalue weighted by Gasteiger charge is -2.19. The standard InChI is InChI=1S/C34H31N5S/c1-17(2)20(6)37-33-19(5)32-27(15-35-16-36-32)25-11-21(8-10-24(25)33)22-7-9-23-26-13-28-29(39-34(38-28)18(3)4)14-31(26)40-30(23)12-22/h7-18,37H,6H2,1-5H3,(H,38,39). The van der Waals surface area contributed by atoms with E-state index in [1.165, 1.54) is 31.3 Å². The van der Waals surface area contributed by atoms with E-state index in [1.807, 2.05) is 17.5 Å². The van der Waals surface area contributed by atoms with Crippen LogP contribution in [-0.2, 0) is 0 Å². The molecule has 0 fully saturated rings. The number of thiophene rings is 1. The number of imidazole rings is 1. The van der Waals surface area contributed by atoms with Gasteiger partial charge in [-0.15, -0.1) is 11.3 Å². The number of nitrogens with zero attached hydrogens (tertiary/aromatic N) is 3. The van der Waals surface area contributed by atoms with E-state index in [-0.39, 0.29) is 0 Å². The highest BCUT2D eigenvalue weighted by molar-refractivity contribution is 7.25. The fraction of sp³-hybridized carbons (Fsp3) is 0.206. The smallest absolute Gasteiger partial charge is 0.116 e. The molecular weight excluding hydrogens is 510 g/mol. The molecule has 2 N–H and O–H groups in total. The molecule has 5 nitrogen and oxygen atoms in total. The molecule has 3 aromatic heterocycles. The maximum absolute atomic E-state index is 4.82. The van der Waals surface area contributed by atoms with Crippen LogP contribution in [0.5, 0.6) is 0 Å². The van der Waals surface area contributed by atoms with Gasteiger partial charge < -0.3 is 10.3 Å². The van der Waals surface area contributed by atoms with Crippen molar-refractivity contribution in [2.24, 2.45) is 5.92 Å². The monoisotopic (exact) mass is 541 g/mol. The number of fused-ring (bicyclic) bond motifs is 7. The molecule has 0 aliphatic rings. The number of rotatable bonds is 5. The maximum atomic E-state index is 4.82. The minimum Gasteiger partial charge on any atom is -0.358 e. The first-order chi connectivity index (χ1) is 19.3. The second kappa shape index (κ2) is 9.14. The lowest BCUT2D eigenvalue weighted by molar-refractivity contribution is 0.778. The third-order valence-electron chi connectivity index (χ3n) is 7.98. The zero-order valence-electron chi connectivity index (χ0n) is 23.4. The van der Waals surface area contributed by atoms with E-state index >= 15 is 0 Å². The summed E-state index contributed by atoms with van der Waals surface area (Å²) >= 11 is 1.83. The van der Waals surface area contributed by atoms with E-state index in [2.05, 4.69) is 110 Å². The predicted octanol–water partition coefficient (Wildman–Crippen LogP) is 9.71. The van der Waals surface area contributed by atoms with Crippen molar-refractivity contribution < 1.29 is 0 Å². The van der Waals surface area contributed by atoms with Crippen LogP contribution >= 0.6 is 11.3 Å². The lowest BCUT2D eigenvalue weighted by atomic mass is 9.95. The molecule has 0 aliphatic heterocycles. The Hall–Kier alpha value is -4.29. The van der Waals surface area contributed by atoms with Crippen LogP contribution in [0.25, 0.3) is 64.0 Å². The second-order valence-corrected chi connectivity index (χ2v) is 12.4. The van der Waals surface area contributed by atoms with Crippen LogP contribution in [0.4, 0.5) is 5.69 Å². The number of hydrogen-bond acceptors (Lipinski definition) is 5. The van der Waals surface area contributed by atoms with Crippen LogP contribution in [-0.4, -0.2) is 19.9 Å². The van der Waals surface area contributed by atoms with Gasteiger partial charge in [0.15, 0.2) is 0 Å². The normalized spacial score (nSPS) is 12.2. The summed E-state index contributed by atoms with van der Waals surface area (Å²) in [7, 11) is 0. The molecule has 0 saturated heterocycles. The second-order valence-electron chi connectivity index (χ2n) is 11.3. The number of anilines is 1. The topological polar surface area (TPSA) is 66.5 Å². The summed E-state index contributed by atoms with van der Waals surface area (Å²) in [5, 5.41) is 9.50. The van der Waals surface area contributed by atoms with Gasteiger partial charge in [-0.2, -0.15) is 0 Å². The van der Waals surface area contributed by atoms with Crippen molar-refractivity contribution in [1.29, 1.82) is 0 Å². The number of aromatic amines is 1. The molecular formula is C34H31N5S. The summed E-state index contributed by atoms with van der Waals surface area (Å²) in [5.41, 5.74) is 8.62. The summed E-state index contributed by atoms with van der Waals surface area (Å²) < 4.78 is 2.54. The quantitative estimate of drug-likeness (QED) is 0.213. The largest absolute Gasteiger partial charge is 0.358 e. The van der Waals surface area contributed by atoms with Crippen LogP contribution in [0, 0.1) is 12.8 Å². The van der Waals surface area contributed by atoms with Crippen molar-refractivity contribution in [3.05, 3.63) is 84.7 Å². The summed E-state index contributed by atoms with van der Waals surface area (Å²) in [6.45, 7) is 15.0. The minimum absolute atomic E-state index is 0.323. The molecule has 6 heteroatoms. The minimum atomic E-state index is 0.323. The Labute approximate surface area is 237 Å². The van der Waals surface area contributed by atoms with Gasteiger partial charge in [0.25, 0.3) is 0 Å². The molecule has 4 aromatic carbocycles. The molecule has 0 saturated carbocycles. The van der Waals surface area contributed by atoms with E-state index in [9.17, 15) is 0 Å². The van der Waals surface area contributed by atoms with E-state index in [0.29, 0.717) is 11.8 Å². The highest BCUT2D eigenvalue weighted by Gasteiger charge is 2.16. The van der Waals surface area contributed by atoms with E-state index < -0.39 is 0 Å². The molecule has 7 rings (SSSR count). The van der Waals surface area contributed by atoms with Crippen molar-refractivity contribution >= 4 is 69.9 Å². The third-order valence-corrected chi connectivity index (χ3v) is 9.09. The van der Waals surface area contributed by atoms with Gasteiger partial charge in [0.1, 0.15) is 12.2 Å². The molecule has 0 aliphatic carbocycles. The Morgan fingerprint density at radius 2 is 1.62 bits per heavy atom. The molecule has 0 radical (unpaired) electrons. The molecule has 7 aromatic rings. The number of aryl methyl sites for hydroxylation is 1. The van der Waals surface area contributed by atoms with E-state index in [0.717, 1.165) is 55.5 Å². The molecule has 0 spiro atoms. The van der Waals surface area contributed by atoms with Gasteiger partial charge in [-0.1, -0.05) is 58.5 Å². The summed E-state index contributed by atoms with van der Waals surface area (Å²) in [6.07, 6.45) is 3.56. The van der Waals surface area contributed by atoms with Gasteiger partial charge in [0, 0.05) is 48.8 Å². The van der Waals surface area contributed by atoms with E-state index in [1.54, 1.807) is 6.33 Å². The highest BCUT2D eigenvalue weighted by atomic mass is 32.1. The Morgan fingerprint density at radius 1 is 0.875 bits per heavy atom. The average molecular weight is 542 g/mol.